The zero-order valence-corrected chi connectivity index (χ0v) is 20.9. The van der Waals surface area contributed by atoms with Crippen molar-refractivity contribution in [2.45, 2.75) is 46.3 Å². The van der Waals surface area contributed by atoms with Gasteiger partial charge < -0.3 is 9.64 Å². The molecular weight excluding hydrogens is 420 g/mol. The molecule has 0 spiro atoms. The van der Waals surface area contributed by atoms with Gasteiger partial charge in [-0.05, 0) is 58.9 Å². The number of carbonyl (C=O) groups is 1. The SMILES string of the molecule is Cc1ccccc1CN1CCN(C(=O)c2cccc(COc3ccc(C(C)(C)C)cc3)c2)CC1. The first-order valence-corrected chi connectivity index (χ1v) is 12.2. The third kappa shape index (κ3) is 6.06. The lowest BCUT2D eigenvalue weighted by molar-refractivity contribution is 0.0628. The van der Waals surface area contributed by atoms with Gasteiger partial charge in [0.2, 0.25) is 0 Å². The normalized spacial score (nSPS) is 14.8. The van der Waals surface area contributed by atoms with E-state index in [4.69, 9.17) is 4.74 Å². The lowest BCUT2D eigenvalue weighted by Crippen LogP contribution is -2.48. The first-order chi connectivity index (χ1) is 16.3. The maximum Gasteiger partial charge on any atom is 0.253 e. The van der Waals surface area contributed by atoms with Crippen molar-refractivity contribution >= 4 is 5.91 Å². The van der Waals surface area contributed by atoms with Crippen molar-refractivity contribution < 1.29 is 9.53 Å². The fourth-order valence-corrected chi connectivity index (χ4v) is 4.33. The molecule has 0 saturated carbocycles. The van der Waals surface area contributed by atoms with Crippen LogP contribution in [0.5, 0.6) is 5.75 Å². The minimum absolute atomic E-state index is 0.104. The third-order valence-corrected chi connectivity index (χ3v) is 6.61. The van der Waals surface area contributed by atoms with Gasteiger partial charge in [0.1, 0.15) is 12.4 Å². The van der Waals surface area contributed by atoms with Gasteiger partial charge in [-0.3, -0.25) is 9.69 Å². The monoisotopic (exact) mass is 456 g/mol. The van der Waals surface area contributed by atoms with Crippen LogP contribution in [-0.2, 0) is 18.6 Å². The molecule has 34 heavy (non-hydrogen) atoms. The lowest BCUT2D eigenvalue weighted by atomic mass is 9.87. The molecule has 4 nitrogen and oxygen atoms in total. The Hall–Kier alpha value is -3.11. The number of ether oxygens (including phenoxy) is 1. The highest BCUT2D eigenvalue weighted by molar-refractivity contribution is 5.94. The molecule has 1 aliphatic rings. The van der Waals surface area contributed by atoms with Gasteiger partial charge in [-0.25, -0.2) is 0 Å². The largest absolute Gasteiger partial charge is 0.489 e. The van der Waals surface area contributed by atoms with Gasteiger partial charge in [0.05, 0.1) is 0 Å². The first-order valence-electron chi connectivity index (χ1n) is 12.2. The predicted molar refractivity (Wildman–Crippen MR) is 138 cm³/mol. The van der Waals surface area contributed by atoms with Gasteiger partial charge >= 0.3 is 0 Å². The van der Waals surface area contributed by atoms with Crippen molar-refractivity contribution in [3.8, 4) is 5.75 Å². The number of hydrogen-bond acceptors (Lipinski definition) is 3. The van der Waals surface area contributed by atoms with Crippen LogP contribution in [0.4, 0.5) is 0 Å². The maximum atomic E-state index is 13.1. The summed E-state index contributed by atoms with van der Waals surface area (Å²) in [7, 11) is 0. The molecule has 0 atom stereocenters. The maximum absolute atomic E-state index is 13.1. The fourth-order valence-electron chi connectivity index (χ4n) is 4.33. The second kappa shape index (κ2) is 10.4. The van der Waals surface area contributed by atoms with Crippen LogP contribution in [0, 0.1) is 6.92 Å². The Balaban J connectivity index is 1.31. The van der Waals surface area contributed by atoms with Crippen LogP contribution in [0.15, 0.2) is 72.8 Å². The summed E-state index contributed by atoms with van der Waals surface area (Å²) in [5.41, 5.74) is 5.83. The van der Waals surface area contributed by atoms with Crippen LogP contribution in [0.25, 0.3) is 0 Å². The molecule has 0 aromatic heterocycles. The summed E-state index contributed by atoms with van der Waals surface area (Å²) in [6, 6.07) is 24.6. The molecule has 1 heterocycles. The molecule has 4 heteroatoms. The van der Waals surface area contributed by atoms with E-state index >= 15 is 0 Å². The van der Waals surface area contributed by atoms with Crippen molar-refractivity contribution in [1.82, 2.24) is 9.80 Å². The molecule has 1 aliphatic heterocycles. The second-order valence-electron chi connectivity index (χ2n) is 10.3. The van der Waals surface area contributed by atoms with Crippen molar-refractivity contribution in [1.29, 1.82) is 0 Å². The number of carbonyl (C=O) groups excluding carboxylic acids is 1. The van der Waals surface area contributed by atoms with E-state index in [0.29, 0.717) is 6.61 Å². The highest BCUT2D eigenvalue weighted by atomic mass is 16.5. The highest BCUT2D eigenvalue weighted by Gasteiger charge is 2.22. The van der Waals surface area contributed by atoms with Crippen LogP contribution in [-0.4, -0.2) is 41.9 Å². The molecule has 1 saturated heterocycles. The molecular formula is C30H36N2O2. The Morgan fingerprint density at radius 2 is 1.59 bits per heavy atom. The Morgan fingerprint density at radius 1 is 0.882 bits per heavy atom. The van der Waals surface area contributed by atoms with Gasteiger partial charge in [0.15, 0.2) is 0 Å². The average Bonchev–Trinajstić information content (AvgIpc) is 2.84. The number of benzene rings is 3. The van der Waals surface area contributed by atoms with Crippen LogP contribution >= 0.6 is 0 Å². The number of rotatable bonds is 6. The van der Waals surface area contributed by atoms with Gasteiger partial charge in [-0.2, -0.15) is 0 Å². The number of nitrogens with zero attached hydrogens (tertiary/aromatic N) is 2. The van der Waals surface area contributed by atoms with E-state index in [-0.39, 0.29) is 11.3 Å². The summed E-state index contributed by atoms with van der Waals surface area (Å²) in [5.74, 6) is 0.946. The Bertz CT molecular complexity index is 1110. The van der Waals surface area contributed by atoms with Crippen LogP contribution in [0.2, 0.25) is 0 Å². The third-order valence-electron chi connectivity index (χ3n) is 6.61. The standard InChI is InChI=1S/C30H36N2O2/c1-23-8-5-6-10-26(23)21-31-16-18-32(19-17-31)29(33)25-11-7-9-24(20-25)22-34-28-14-12-27(13-15-28)30(2,3)4/h5-15,20H,16-19,21-22H2,1-4H3. The number of piperazine rings is 1. The smallest absolute Gasteiger partial charge is 0.253 e. The van der Waals surface area contributed by atoms with E-state index in [1.165, 1.54) is 16.7 Å². The number of hydrogen-bond donors (Lipinski definition) is 0. The van der Waals surface area contributed by atoms with Gasteiger partial charge in [-0.15, -0.1) is 0 Å². The molecule has 0 bridgehead atoms. The minimum Gasteiger partial charge on any atom is -0.489 e. The molecule has 3 aromatic rings. The molecule has 0 radical (unpaired) electrons. The van der Waals surface area contributed by atoms with Gasteiger partial charge in [-0.1, -0.05) is 69.3 Å². The zero-order valence-electron chi connectivity index (χ0n) is 20.9. The zero-order chi connectivity index (χ0) is 24.1. The first kappa shape index (κ1) is 24.0. The quantitative estimate of drug-likeness (QED) is 0.468. The topological polar surface area (TPSA) is 32.8 Å². The van der Waals surface area contributed by atoms with E-state index in [0.717, 1.165) is 49.6 Å². The van der Waals surface area contributed by atoms with Crippen LogP contribution < -0.4 is 4.74 Å². The van der Waals surface area contributed by atoms with Crippen molar-refractivity contribution in [3.05, 3.63) is 101 Å². The fraction of sp³-hybridized carbons (Fsp3) is 0.367. The molecule has 0 aliphatic carbocycles. The molecule has 1 amide bonds. The minimum atomic E-state index is 0.104. The van der Waals surface area contributed by atoms with E-state index < -0.39 is 0 Å². The average molecular weight is 457 g/mol. The predicted octanol–water partition coefficient (Wildman–Crippen LogP) is 5.83. The van der Waals surface area contributed by atoms with E-state index in [1.807, 2.05) is 41.3 Å². The molecule has 4 rings (SSSR count). The van der Waals surface area contributed by atoms with Crippen LogP contribution in [0.3, 0.4) is 0 Å². The van der Waals surface area contributed by atoms with Gasteiger partial charge in [0, 0.05) is 38.3 Å². The molecule has 178 valence electrons. The van der Waals surface area contributed by atoms with Gasteiger partial charge in [0.25, 0.3) is 5.91 Å². The molecule has 1 fully saturated rings. The summed E-state index contributed by atoms with van der Waals surface area (Å²) >= 11 is 0. The molecule has 0 unspecified atom stereocenters. The summed E-state index contributed by atoms with van der Waals surface area (Å²) in [5, 5.41) is 0. The second-order valence-corrected chi connectivity index (χ2v) is 10.3. The summed E-state index contributed by atoms with van der Waals surface area (Å²) in [6.45, 7) is 13.5. The van der Waals surface area contributed by atoms with Crippen molar-refractivity contribution in [2.75, 3.05) is 26.2 Å². The summed E-state index contributed by atoms with van der Waals surface area (Å²) in [4.78, 5) is 17.5. The lowest BCUT2D eigenvalue weighted by Gasteiger charge is -2.35. The summed E-state index contributed by atoms with van der Waals surface area (Å²) in [6.07, 6.45) is 0. The van der Waals surface area contributed by atoms with Crippen molar-refractivity contribution in [2.24, 2.45) is 0 Å². The molecule has 0 N–H and O–H groups in total. The summed E-state index contributed by atoms with van der Waals surface area (Å²) < 4.78 is 5.99. The van der Waals surface area contributed by atoms with E-state index in [1.54, 1.807) is 0 Å². The van der Waals surface area contributed by atoms with Crippen LogP contribution in [0.1, 0.15) is 53.4 Å². The van der Waals surface area contributed by atoms with Crippen molar-refractivity contribution in [3.63, 3.8) is 0 Å². The Labute approximate surface area is 204 Å². The number of amides is 1. The number of aryl methyl sites for hydroxylation is 1. The van der Waals surface area contributed by atoms with E-state index in [9.17, 15) is 4.79 Å². The van der Waals surface area contributed by atoms with E-state index in [2.05, 4.69) is 69.0 Å². The Morgan fingerprint density at radius 3 is 2.26 bits per heavy atom. The highest BCUT2D eigenvalue weighted by Crippen LogP contribution is 2.25. The molecule has 3 aromatic carbocycles. The Kier molecular flexibility index (Phi) is 7.38.